The predicted molar refractivity (Wildman–Crippen MR) is 85.5 cm³/mol. The van der Waals surface area contributed by atoms with E-state index in [1.807, 2.05) is 11.9 Å². The van der Waals surface area contributed by atoms with Gasteiger partial charge in [0.2, 0.25) is 5.91 Å². The largest absolute Gasteiger partial charge is 0.366 e. The van der Waals surface area contributed by atoms with E-state index in [4.69, 9.17) is 5.73 Å². The molecular weight excluding hydrogens is 262 g/mol. The summed E-state index contributed by atoms with van der Waals surface area (Å²) in [4.78, 5) is 17.7. The highest BCUT2D eigenvalue weighted by Gasteiger charge is 2.16. The fraction of sp³-hybridized carbons (Fsp3) is 0.294. The van der Waals surface area contributed by atoms with Crippen LogP contribution in [0.25, 0.3) is 0 Å². The molecule has 0 saturated heterocycles. The molecule has 0 radical (unpaired) electrons. The molecule has 1 aromatic heterocycles. The van der Waals surface area contributed by atoms with Crippen LogP contribution in [0.4, 0.5) is 5.82 Å². The first kappa shape index (κ1) is 15.0. The molecule has 0 bridgehead atoms. The molecule has 1 amide bonds. The van der Waals surface area contributed by atoms with E-state index in [1.54, 1.807) is 18.3 Å². The van der Waals surface area contributed by atoms with Crippen LogP contribution < -0.4 is 10.6 Å². The Bertz CT molecular complexity index is 667. The van der Waals surface area contributed by atoms with Gasteiger partial charge in [0, 0.05) is 18.8 Å². The molecule has 1 heterocycles. The van der Waals surface area contributed by atoms with Crippen molar-refractivity contribution in [1.82, 2.24) is 4.98 Å². The van der Waals surface area contributed by atoms with E-state index in [0.717, 1.165) is 5.82 Å². The highest BCUT2D eigenvalue weighted by atomic mass is 16.1. The van der Waals surface area contributed by atoms with Gasteiger partial charge >= 0.3 is 0 Å². The summed E-state index contributed by atoms with van der Waals surface area (Å²) < 4.78 is 0. The van der Waals surface area contributed by atoms with Crippen LogP contribution in [0.5, 0.6) is 0 Å². The van der Waals surface area contributed by atoms with Crippen LogP contribution in [0.2, 0.25) is 0 Å². The maximum atomic E-state index is 11.3. The van der Waals surface area contributed by atoms with Gasteiger partial charge in [0.15, 0.2) is 0 Å². The molecule has 21 heavy (non-hydrogen) atoms. The van der Waals surface area contributed by atoms with Gasteiger partial charge in [-0.25, -0.2) is 4.98 Å². The van der Waals surface area contributed by atoms with Crippen molar-refractivity contribution in [3.63, 3.8) is 0 Å². The fourth-order valence-corrected chi connectivity index (χ4v) is 2.47. The summed E-state index contributed by atoms with van der Waals surface area (Å²) in [5.74, 6) is 0.296. The second kappa shape index (κ2) is 5.95. The summed E-state index contributed by atoms with van der Waals surface area (Å²) in [6, 6.07) is 9.93. The quantitative estimate of drug-likeness (QED) is 0.938. The Kier molecular flexibility index (Phi) is 4.26. The Morgan fingerprint density at radius 1 is 1.24 bits per heavy atom. The van der Waals surface area contributed by atoms with Crippen LogP contribution >= 0.6 is 0 Å². The van der Waals surface area contributed by atoms with Gasteiger partial charge in [-0.2, -0.15) is 0 Å². The van der Waals surface area contributed by atoms with Crippen LogP contribution in [0.15, 0.2) is 36.5 Å². The maximum absolute atomic E-state index is 11.3. The van der Waals surface area contributed by atoms with E-state index in [1.165, 1.54) is 16.7 Å². The Hall–Kier alpha value is -2.36. The number of amides is 1. The second-order valence-corrected chi connectivity index (χ2v) is 5.41. The van der Waals surface area contributed by atoms with E-state index >= 15 is 0 Å². The zero-order chi connectivity index (χ0) is 15.6. The molecule has 2 N–H and O–H groups in total. The minimum absolute atomic E-state index is 0.154. The zero-order valence-corrected chi connectivity index (χ0v) is 12.9. The lowest BCUT2D eigenvalue weighted by Gasteiger charge is -2.28. The van der Waals surface area contributed by atoms with Crippen molar-refractivity contribution < 1.29 is 4.79 Å². The molecule has 1 aromatic carbocycles. The lowest BCUT2D eigenvalue weighted by molar-refractivity contribution is 0.1000. The molecule has 1 unspecified atom stereocenters. The number of benzene rings is 1. The number of hydrogen-bond donors (Lipinski definition) is 1. The molecule has 0 aliphatic rings. The molecule has 0 saturated carbocycles. The summed E-state index contributed by atoms with van der Waals surface area (Å²) >= 11 is 0. The molecule has 110 valence electrons. The SMILES string of the molecule is Cc1ccc(C(C)N(C)c2cc(C(N)=O)ccn2)c(C)c1. The first-order valence-corrected chi connectivity index (χ1v) is 6.96. The van der Waals surface area contributed by atoms with Crippen LogP contribution in [0, 0.1) is 13.8 Å². The van der Waals surface area contributed by atoms with Crippen molar-refractivity contribution >= 4 is 11.7 Å². The number of primary amides is 1. The van der Waals surface area contributed by atoms with Gasteiger partial charge in [-0.15, -0.1) is 0 Å². The van der Waals surface area contributed by atoms with Crippen molar-refractivity contribution in [3.05, 3.63) is 58.8 Å². The van der Waals surface area contributed by atoms with E-state index in [2.05, 4.69) is 44.0 Å². The minimum atomic E-state index is -0.439. The number of carbonyl (C=O) groups excluding carboxylic acids is 1. The lowest BCUT2D eigenvalue weighted by atomic mass is 9.99. The van der Waals surface area contributed by atoms with Gasteiger partial charge in [-0.05, 0) is 44.0 Å². The van der Waals surface area contributed by atoms with Crippen molar-refractivity contribution in [2.75, 3.05) is 11.9 Å². The van der Waals surface area contributed by atoms with E-state index in [-0.39, 0.29) is 6.04 Å². The molecule has 2 rings (SSSR count). The first-order valence-electron chi connectivity index (χ1n) is 6.96. The number of hydrogen-bond acceptors (Lipinski definition) is 3. The standard InChI is InChI=1S/C17H21N3O/c1-11-5-6-15(12(2)9-11)13(3)20(4)16-10-14(17(18)21)7-8-19-16/h5-10,13H,1-4H3,(H2,18,21). The zero-order valence-electron chi connectivity index (χ0n) is 12.9. The Balaban J connectivity index is 2.32. The lowest BCUT2D eigenvalue weighted by Crippen LogP contribution is -2.24. The predicted octanol–water partition coefficient (Wildman–Crippen LogP) is 2.99. The van der Waals surface area contributed by atoms with Gasteiger partial charge in [0.1, 0.15) is 5.82 Å². The van der Waals surface area contributed by atoms with Crippen LogP contribution in [-0.2, 0) is 0 Å². The smallest absolute Gasteiger partial charge is 0.248 e. The Morgan fingerprint density at radius 3 is 2.57 bits per heavy atom. The van der Waals surface area contributed by atoms with Crippen LogP contribution in [0.3, 0.4) is 0 Å². The van der Waals surface area contributed by atoms with Crippen molar-refractivity contribution in [1.29, 1.82) is 0 Å². The van der Waals surface area contributed by atoms with Crippen molar-refractivity contribution in [2.24, 2.45) is 5.73 Å². The average molecular weight is 283 g/mol. The molecular formula is C17H21N3O. The van der Waals surface area contributed by atoms with Crippen LogP contribution in [0.1, 0.15) is 40.0 Å². The van der Waals surface area contributed by atoms with Crippen molar-refractivity contribution in [2.45, 2.75) is 26.8 Å². The van der Waals surface area contributed by atoms with Gasteiger partial charge in [0.05, 0.1) is 6.04 Å². The summed E-state index contributed by atoms with van der Waals surface area (Å²) in [5.41, 5.74) is 9.54. The summed E-state index contributed by atoms with van der Waals surface area (Å²) in [6.07, 6.45) is 1.61. The summed E-state index contributed by atoms with van der Waals surface area (Å²) in [6.45, 7) is 6.32. The van der Waals surface area contributed by atoms with E-state index in [9.17, 15) is 4.79 Å². The van der Waals surface area contributed by atoms with Crippen LogP contribution in [-0.4, -0.2) is 17.9 Å². The highest BCUT2D eigenvalue weighted by molar-refractivity contribution is 5.93. The number of aryl methyl sites for hydroxylation is 2. The third kappa shape index (κ3) is 3.21. The number of pyridine rings is 1. The number of carbonyl (C=O) groups is 1. The maximum Gasteiger partial charge on any atom is 0.248 e. The third-order valence-corrected chi connectivity index (χ3v) is 3.85. The van der Waals surface area contributed by atoms with Gasteiger partial charge in [-0.3, -0.25) is 4.79 Å². The Morgan fingerprint density at radius 2 is 1.95 bits per heavy atom. The topological polar surface area (TPSA) is 59.2 Å². The molecule has 2 aromatic rings. The normalized spacial score (nSPS) is 12.0. The second-order valence-electron chi connectivity index (χ2n) is 5.41. The monoisotopic (exact) mass is 283 g/mol. The number of anilines is 1. The number of nitrogens with zero attached hydrogens (tertiary/aromatic N) is 2. The number of aromatic nitrogens is 1. The summed E-state index contributed by atoms with van der Waals surface area (Å²) in [5, 5.41) is 0. The van der Waals surface area contributed by atoms with Gasteiger partial charge in [0.25, 0.3) is 0 Å². The van der Waals surface area contributed by atoms with E-state index < -0.39 is 5.91 Å². The molecule has 1 atom stereocenters. The molecule has 0 fully saturated rings. The molecule has 0 aliphatic heterocycles. The number of nitrogens with two attached hydrogens (primary N) is 1. The minimum Gasteiger partial charge on any atom is -0.366 e. The molecule has 4 heteroatoms. The third-order valence-electron chi connectivity index (χ3n) is 3.85. The van der Waals surface area contributed by atoms with Gasteiger partial charge in [-0.1, -0.05) is 23.8 Å². The van der Waals surface area contributed by atoms with Gasteiger partial charge < -0.3 is 10.6 Å². The Labute approximate surface area is 125 Å². The molecule has 4 nitrogen and oxygen atoms in total. The first-order chi connectivity index (χ1) is 9.90. The summed E-state index contributed by atoms with van der Waals surface area (Å²) in [7, 11) is 1.97. The highest BCUT2D eigenvalue weighted by Crippen LogP contribution is 2.27. The number of rotatable bonds is 4. The molecule has 0 aliphatic carbocycles. The van der Waals surface area contributed by atoms with E-state index in [0.29, 0.717) is 5.56 Å². The average Bonchev–Trinajstić information content (AvgIpc) is 2.46. The van der Waals surface area contributed by atoms with Crippen molar-refractivity contribution in [3.8, 4) is 0 Å². The fourth-order valence-electron chi connectivity index (χ4n) is 2.47. The molecule has 0 spiro atoms.